The van der Waals surface area contributed by atoms with E-state index in [0.29, 0.717) is 19.9 Å². The van der Waals surface area contributed by atoms with Gasteiger partial charge in [-0.3, -0.25) is 5.41 Å². The lowest BCUT2D eigenvalue weighted by molar-refractivity contribution is 0.688. The van der Waals surface area contributed by atoms with E-state index in [1.54, 1.807) is 19.1 Å². The molecule has 0 aliphatic rings. The minimum Gasteiger partial charge on any atom is -0.298 e. The van der Waals surface area contributed by atoms with Gasteiger partial charge >= 0.3 is 0 Å². The highest BCUT2D eigenvalue weighted by molar-refractivity contribution is 8.25. The average Bonchev–Trinajstić information content (AvgIpc) is 2.27. The van der Waals surface area contributed by atoms with E-state index >= 15 is 0 Å². The molecule has 1 aromatic rings. The number of nitrogens with one attached hydrogen (secondary N) is 1. The van der Waals surface area contributed by atoms with Gasteiger partial charge in [0.05, 0.1) is 20.1 Å². The van der Waals surface area contributed by atoms with Gasteiger partial charge in [0, 0.05) is 4.90 Å². The molecule has 0 bridgehead atoms. The Morgan fingerprint density at radius 1 is 1.44 bits per heavy atom. The Balaban J connectivity index is 2.84. The van der Waals surface area contributed by atoms with E-state index in [9.17, 15) is 9.12 Å². The lowest BCUT2D eigenvalue weighted by Crippen LogP contribution is -1.93. The molecule has 1 N–H and O–H groups in total. The number of hydrogen-bond donors (Lipinski definition) is 1. The second-order valence-corrected chi connectivity index (χ2v) is 5.95. The number of rotatable bonds is 4. The molecule has 4 nitrogen and oxygen atoms in total. The highest BCUT2D eigenvalue weighted by Crippen LogP contribution is 2.25. The third kappa shape index (κ3) is 3.39. The highest BCUT2D eigenvalue weighted by atomic mass is 32.2. The molecule has 16 heavy (non-hydrogen) atoms. The number of hydrogen-bond acceptors (Lipinski definition) is 5. The summed E-state index contributed by atoms with van der Waals surface area (Å²) in [6, 6.07) is 6.13. The summed E-state index contributed by atoms with van der Waals surface area (Å²) < 4.78 is 12.3. The minimum atomic E-state index is -1.38. The molecular formula is C10H10N2O2S2. The summed E-state index contributed by atoms with van der Waals surface area (Å²) in [4.78, 5) is 10.7. The fourth-order valence-electron chi connectivity index (χ4n) is 0.971. The van der Waals surface area contributed by atoms with E-state index in [-0.39, 0.29) is 0 Å². The van der Waals surface area contributed by atoms with E-state index in [2.05, 4.69) is 11.8 Å². The van der Waals surface area contributed by atoms with Crippen molar-refractivity contribution < 1.29 is 4.21 Å². The highest BCUT2D eigenvalue weighted by Gasteiger charge is 2.09. The van der Waals surface area contributed by atoms with Crippen LogP contribution < -0.4 is 0 Å². The lowest BCUT2D eigenvalue weighted by atomic mass is 10.3. The van der Waals surface area contributed by atoms with Crippen LogP contribution >= 0.6 is 11.8 Å². The first kappa shape index (κ1) is 12.8. The molecule has 0 radical (unpaired) electrons. The zero-order valence-electron chi connectivity index (χ0n) is 8.60. The Labute approximate surface area is 100 Å². The van der Waals surface area contributed by atoms with Crippen molar-refractivity contribution in [2.45, 2.75) is 11.8 Å². The fourth-order valence-corrected chi connectivity index (χ4v) is 2.92. The molecule has 1 rings (SSSR count). The maximum absolute atomic E-state index is 11.9. The summed E-state index contributed by atoms with van der Waals surface area (Å²) in [5.41, 5.74) is 0.294. The molecule has 0 amide bonds. The zero-order valence-corrected chi connectivity index (χ0v) is 10.2. The summed E-state index contributed by atoms with van der Waals surface area (Å²) in [6.45, 7) is 5.25. The van der Waals surface area contributed by atoms with Crippen LogP contribution in [0.25, 0.3) is 0 Å². The van der Waals surface area contributed by atoms with E-state index < -0.39 is 10.8 Å². The predicted octanol–water partition coefficient (Wildman–Crippen LogP) is 3.39. The fraction of sp³-hybridized carbons (Fsp3) is 0.100. The molecule has 0 aliphatic heterocycles. The van der Waals surface area contributed by atoms with Crippen molar-refractivity contribution in [1.29, 1.82) is 5.41 Å². The van der Waals surface area contributed by atoms with Crippen LogP contribution in [-0.4, -0.2) is 9.25 Å². The second kappa shape index (κ2) is 5.72. The Morgan fingerprint density at radius 2 is 2.00 bits per heavy atom. The van der Waals surface area contributed by atoms with E-state index in [0.717, 1.165) is 11.8 Å². The van der Waals surface area contributed by atoms with Crippen LogP contribution in [0.5, 0.6) is 0 Å². The zero-order chi connectivity index (χ0) is 12.1. The lowest BCUT2D eigenvalue weighted by Gasteiger charge is -2.03. The van der Waals surface area contributed by atoms with Gasteiger partial charge in [-0.1, -0.05) is 18.3 Å². The topological polar surface area (TPSA) is 70.3 Å². The van der Waals surface area contributed by atoms with Gasteiger partial charge in [0.15, 0.2) is 0 Å². The van der Waals surface area contributed by atoms with Crippen LogP contribution in [0, 0.1) is 10.3 Å². The van der Waals surface area contributed by atoms with E-state index in [1.165, 1.54) is 12.1 Å². The smallest absolute Gasteiger partial charge is 0.108 e. The van der Waals surface area contributed by atoms with Crippen molar-refractivity contribution in [2.75, 3.05) is 0 Å². The largest absolute Gasteiger partial charge is 0.298 e. The third-order valence-electron chi connectivity index (χ3n) is 1.63. The van der Waals surface area contributed by atoms with Crippen LogP contribution in [-0.2, 0) is 10.8 Å². The van der Waals surface area contributed by atoms with Gasteiger partial charge in [-0.2, -0.15) is 0 Å². The SMILES string of the molecule is C=C(SC(C)=N)S(=O)c1ccc(N=O)cc1. The van der Waals surface area contributed by atoms with Crippen LogP contribution in [0.3, 0.4) is 0 Å². The van der Waals surface area contributed by atoms with Gasteiger partial charge in [0.25, 0.3) is 0 Å². The molecular weight excluding hydrogens is 244 g/mol. The molecule has 0 spiro atoms. The van der Waals surface area contributed by atoms with Crippen LogP contribution in [0.4, 0.5) is 5.69 Å². The van der Waals surface area contributed by atoms with Gasteiger partial charge in [-0.25, -0.2) is 4.21 Å². The van der Waals surface area contributed by atoms with Crippen molar-refractivity contribution in [2.24, 2.45) is 5.18 Å². The molecule has 0 saturated carbocycles. The molecule has 1 atom stereocenters. The summed E-state index contributed by atoms with van der Waals surface area (Å²) in [7, 11) is -1.38. The molecule has 0 aliphatic carbocycles. The van der Waals surface area contributed by atoms with Gasteiger partial charge < -0.3 is 0 Å². The minimum absolute atomic E-state index is 0.294. The van der Waals surface area contributed by atoms with Gasteiger partial charge in [-0.05, 0) is 36.4 Å². The maximum Gasteiger partial charge on any atom is 0.108 e. The van der Waals surface area contributed by atoms with Crippen LogP contribution in [0.1, 0.15) is 6.92 Å². The van der Waals surface area contributed by atoms with E-state index in [4.69, 9.17) is 5.41 Å². The molecule has 6 heteroatoms. The van der Waals surface area contributed by atoms with Gasteiger partial charge in [0.2, 0.25) is 0 Å². The van der Waals surface area contributed by atoms with Crippen molar-refractivity contribution in [1.82, 2.24) is 0 Å². The molecule has 0 fully saturated rings. The van der Waals surface area contributed by atoms with Crippen molar-refractivity contribution in [3.05, 3.63) is 40.0 Å². The average molecular weight is 254 g/mol. The Hall–Kier alpha value is -1.27. The molecule has 1 aromatic carbocycles. The molecule has 0 aromatic heterocycles. The molecule has 84 valence electrons. The monoisotopic (exact) mass is 254 g/mol. The number of thioether (sulfide) groups is 1. The van der Waals surface area contributed by atoms with Gasteiger partial charge in [0.1, 0.15) is 5.69 Å². The first-order chi connectivity index (χ1) is 7.54. The van der Waals surface area contributed by atoms with Gasteiger partial charge in [-0.15, -0.1) is 4.91 Å². The molecule has 0 saturated heterocycles. The summed E-state index contributed by atoms with van der Waals surface area (Å²) in [6.07, 6.45) is 0. The number of benzene rings is 1. The number of nitrogens with zero attached hydrogens (tertiary/aromatic N) is 1. The van der Waals surface area contributed by atoms with Crippen LogP contribution in [0.2, 0.25) is 0 Å². The summed E-state index contributed by atoms with van der Waals surface area (Å²) in [5, 5.41) is 10.3. The second-order valence-electron chi connectivity index (χ2n) is 2.88. The number of nitroso groups, excluding NO2 is 1. The molecule has 0 heterocycles. The quantitative estimate of drug-likeness (QED) is 0.508. The summed E-state index contributed by atoms with van der Waals surface area (Å²) >= 11 is 1.07. The van der Waals surface area contributed by atoms with Crippen molar-refractivity contribution in [3.8, 4) is 0 Å². The summed E-state index contributed by atoms with van der Waals surface area (Å²) in [5.74, 6) is 0. The normalized spacial score (nSPS) is 11.8. The first-order valence-electron chi connectivity index (χ1n) is 4.31. The standard InChI is InChI=1S/C10H10N2O2S2/c1-7(11)15-8(2)16(14)10-5-3-9(12-13)4-6-10/h3-6,11H,2H2,1H3. The first-order valence-corrected chi connectivity index (χ1v) is 6.28. The van der Waals surface area contributed by atoms with Crippen molar-refractivity contribution >= 4 is 33.3 Å². The maximum atomic E-state index is 11.9. The van der Waals surface area contributed by atoms with E-state index in [1.807, 2.05) is 0 Å². The third-order valence-corrected chi connectivity index (χ3v) is 3.98. The Morgan fingerprint density at radius 3 is 2.44 bits per heavy atom. The van der Waals surface area contributed by atoms with Crippen molar-refractivity contribution in [3.63, 3.8) is 0 Å². The van der Waals surface area contributed by atoms with Crippen LogP contribution in [0.15, 0.2) is 45.2 Å². The predicted molar refractivity (Wildman–Crippen MR) is 68.4 cm³/mol. The Bertz CT molecular complexity index is 454. The Kier molecular flexibility index (Phi) is 4.57. The molecule has 1 unspecified atom stereocenters.